The van der Waals surface area contributed by atoms with Gasteiger partial charge in [0.15, 0.2) is 0 Å². The summed E-state index contributed by atoms with van der Waals surface area (Å²) < 4.78 is 0. The highest BCUT2D eigenvalue weighted by atomic mass is 32.1. The lowest BCUT2D eigenvalue weighted by Gasteiger charge is -2.02. The maximum absolute atomic E-state index is 11.9. The van der Waals surface area contributed by atoms with Crippen molar-refractivity contribution in [2.75, 3.05) is 0 Å². The van der Waals surface area contributed by atoms with Gasteiger partial charge in [0.1, 0.15) is 0 Å². The molecule has 0 atom stereocenters. The molecule has 0 aliphatic rings. The number of aliphatic carboxylic acids is 2. The number of aryl methyl sites for hydroxylation is 2. The zero-order chi connectivity index (χ0) is 30.7. The first-order valence-electron chi connectivity index (χ1n) is 13.1. The molecular formula is C32H24O8S3. The maximum Gasteiger partial charge on any atom is 0.336 e. The molecular weight excluding hydrogens is 609 g/mol. The summed E-state index contributed by atoms with van der Waals surface area (Å²) in [4.78, 5) is 51.4. The Bertz CT molecular complexity index is 1730. The number of rotatable bonds is 12. The summed E-state index contributed by atoms with van der Waals surface area (Å²) in [5.74, 6) is -3.98. The average molecular weight is 633 g/mol. The van der Waals surface area contributed by atoms with Crippen molar-refractivity contribution in [3.63, 3.8) is 0 Å². The van der Waals surface area contributed by atoms with E-state index in [0.717, 1.165) is 30.6 Å². The van der Waals surface area contributed by atoms with Crippen LogP contribution in [0.15, 0.2) is 72.8 Å². The second kappa shape index (κ2) is 12.7. The highest BCUT2D eigenvalue weighted by Crippen LogP contribution is 2.47. The summed E-state index contributed by atoms with van der Waals surface area (Å²) >= 11 is 4.26. The van der Waals surface area contributed by atoms with Gasteiger partial charge in [-0.3, -0.25) is 9.59 Å². The van der Waals surface area contributed by atoms with E-state index in [9.17, 15) is 39.6 Å². The molecule has 0 aliphatic heterocycles. The molecule has 43 heavy (non-hydrogen) atoms. The van der Waals surface area contributed by atoms with Gasteiger partial charge in [-0.2, -0.15) is 0 Å². The highest BCUT2D eigenvalue weighted by molar-refractivity contribution is 7.28. The lowest BCUT2D eigenvalue weighted by Crippen LogP contribution is -1.98. The van der Waals surface area contributed by atoms with Crippen molar-refractivity contribution in [2.45, 2.75) is 25.7 Å². The van der Waals surface area contributed by atoms with Crippen molar-refractivity contribution in [3.05, 3.63) is 95.1 Å². The minimum absolute atomic E-state index is 0.0847. The summed E-state index contributed by atoms with van der Waals surface area (Å²) in [6.07, 6.45) is 0.364. The van der Waals surface area contributed by atoms with Crippen LogP contribution in [0.25, 0.3) is 40.4 Å². The molecule has 5 aromatic rings. The molecule has 218 valence electrons. The van der Waals surface area contributed by atoms with Crippen LogP contribution in [0.3, 0.4) is 0 Å². The zero-order valence-corrected chi connectivity index (χ0v) is 24.9. The van der Waals surface area contributed by atoms with Crippen LogP contribution in [0.1, 0.15) is 44.7 Å². The molecule has 0 saturated heterocycles. The Morgan fingerprint density at radius 3 is 1.28 bits per heavy atom. The Labute approximate surface area is 257 Å². The van der Waals surface area contributed by atoms with Crippen molar-refractivity contribution in [3.8, 4) is 40.4 Å². The number of carboxylic acid groups (broad SMARTS) is 4. The summed E-state index contributed by atoms with van der Waals surface area (Å²) in [6, 6.07) is 20.9. The van der Waals surface area contributed by atoms with E-state index in [4.69, 9.17) is 0 Å². The monoisotopic (exact) mass is 632 g/mol. The minimum Gasteiger partial charge on any atom is -0.481 e. The van der Waals surface area contributed by atoms with Crippen molar-refractivity contribution in [2.24, 2.45) is 0 Å². The summed E-state index contributed by atoms with van der Waals surface area (Å²) in [5.41, 5.74) is 3.00. The Hall–Kier alpha value is -4.58. The molecule has 3 heterocycles. The third-order valence-electron chi connectivity index (χ3n) is 6.73. The van der Waals surface area contributed by atoms with Gasteiger partial charge in [-0.25, -0.2) is 9.59 Å². The van der Waals surface area contributed by atoms with Crippen LogP contribution in [0.4, 0.5) is 0 Å². The van der Waals surface area contributed by atoms with Crippen molar-refractivity contribution in [1.82, 2.24) is 0 Å². The second-order valence-electron chi connectivity index (χ2n) is 9.58. The van der Waals surface area contributed by atoms with Crippen LogP contribution in [0.2, 0.25) is 0 Å². The third-order valence-corrected chi connectivity index (χ3v) is 10.6. The predicted molar refractivity (Wildman–Crippen MR) is 168 cm³/mol. The van der Waals surface area contributed by atoms with Gasteiger partial charge in [0, 0.05) is 53.2 Å². The van der Waals surface area contributed by atoms with Crippen LogP contribution in [-0.2, 0) is 22.4 Å². The van der Waals surface area contributed by atoms with Crippen LogP contribution < -0.4 is 0 Å². The van der Waals surface area contributed by atoms with Crippen LogP contribution in [0.5, 0.6) is 0 Å². The molecule has 3 aromatic heterocycles. The number of hydrogen-bond acceptors (Lipinski definition) is 7. The first-order valence-corrected chi connectivity index (χ1v) is 15.5. The van der Waals surface area contributed by atoms with E-state index in [1.807, 2.05) is 24.3 Å². The summed E-state index contributed by atoms with van der Waals surface area (Å²) in [6.45, 7) is 0. The van der Waals surface area contributed by atoms with E-state index in [1.54, 1.807) is 36.4 Å². The molecule has 11 heteroatoms. The lowest BCUT2D eigenvalue weighted by atomic mass is 10.0. The number of aromatic carboxylic acids is 2. The van der Waals surface area contributed by atoms with Gasteiger partial charge in [0.25, 0.3) is 0 Å². The molecule has 2 aromatic carbocycles. The van der Waals surface area contributed by atoms with Crippen LogP contribution >= 0.6 is 34.0 Å². The average Bonchev–Trinajstić information content (AvgIpc) is 3.73. The molecule has 0 saturated carbocycles. The first kappa shape index (κ1) is 29.9. The van der Waals surface area contributed by atoms with Crippen molar-refractivity contribution in [1.29, 1.82) is 0 Å². The Morgan fingerprint density at radius 2 is 0.907 bits per heavy atom. The summed E-state index contributed by atoms with van der Waals surface area (Å²) in [7, 11) is 0. The quantitative estimate of drug-likeness (QED) is 0.108. The van der Waals surface area contributed by atoms with Gasteiger partial charge < -0.3 is 20.4 Å². The molecule has 0 unspecified atom stereocenters. The topological polar surface area (TPSA) is 149 Å². The van der Waals surface area contributed by atoms with Gasteiger partial charge in [-0.15, -0.1) is 34.0 Å². The van der Waals surface area contributed by atoms with Gasteiger partial charge in [-0.05, 0) is 60.4 Å². The molecule has 4 N–H and O–H groups in total. The predicted octanol–water partition coefficient (Wildman–Crippen LogP) is 7.97. The van der Waals surface area contributed by atoms with Crippen molar-refractivity contribution < 1.29 is 39.6 Å². The fourth-order valence-corrected chi connectivity index (χ4v) is 8.54. The molecule has 0 radical (unpaired) electrons. The third kappa shape index (κ3) is 6.59. The number of benzene rings is 2. The van der Waals surface area contributed by atoms with Gasteiger partial charge >= 0.3 is 23.9 Å². The maximum atomic E-state index is 11.9. The minimum atomic E-state index is -1.05. The lowest BCUT2D eigenvalue weighted by molar-refractivity contribution is -0.138. The smallest absolute Gasteiger partial charge is 0.336 e. The highest BCUT2D eigenvalue weighted by Gasteiger charge is 2.22. The van der Waals surface area contributed by atoms with E-state index in [2.05, 4.69) is 0 Å². The zero-order valence-electron chi connectivity index (χ0n) is 22.4. The van der Waals surface area contributed by atoms with E-state index >= 15 is 0 Å². The normalized spacial score (nSPS) is 11.0. The Kier molecular flexibility index (Phi) is 8.86. The molecule has 8 nitrogen and oxygen atoms in total. The van der Waals surface area contributed by atoms with Crippen molar-refractivity contribution >= 4 is 57.9 Å². The number of carboxylic acids is 4. The standard InChI is InChI=1S/C32H24O8S3/c33-27(34)13-9-17-15-25(19-5-1-3-7-21(19)31(37)38)42-29(17)23-11-12-24(41-23)30-18(10-14-28(35)36)16-26(43-30)20-6-2-4-8-22(20)32(39)40/h1-8,11-12,15-16H,9-10,13-14H2,(H,33,34)(H,35,36)(H,37,38)(H,39,40). The molecule has 0 spiro atoms. The molecule has 0 fully saturated rings. The second-order valence-corrected chi connectivity index (χ2v) is 12.8. The summed E-state index contributed by atoms with van der Waals surface area (Å²) in [5, 5.41) is 38.1. The van der Waals surface area contributed by atoms with Crippen LogP contribution in [0, 0.1) is 0 Å². The largest absolute Gasteiger partial charge is 0.481 e. The van der Waals surface area contributed by atoms with E-state index in [-0.39, 0.29) is 36.8 Å². The van der Waals surface area contributed by atoms with Gasteiger partial charge in [0.2, 0.25) is 0 Å². The number of thiophene rings is 3. The fraction of sp³-hybridized carbons (Fsp3) is 0.125. The Balaban J connectivity index is 1.59. The molecule has 0 aliphatic carbocycles. The van der Waals surface area contributed by atoms with Crippen LogP contribution in [-0.4, -0.2) is 44.3 Å². The SMILES string of the molecule is O=C(O)CCc1cc(-c2ccccc2C(=O)O)sc1-c1ccc(-c2sc(-c3ccccc3C(=O)O)cc2CCC(=O)O)s1. The molecule has 0 amide bonds. The Morgan fingerprint density at radius 1 is 0.512 bits per heavy atom. The van der Waals surface area contributed by atoms with Gasteiger partial charge in [0.05, 0.1) is 11.1 Å². The van der Waals surface area contributed by atoms with E-state index < -0.39 is 23.9 Å². The molecule has 5 rings (SSSR count). The molecule has 0 bridgehead atoms. The fourth-order valence-electron chi connectivity index (χ4n) is 4.75. The van der Waals surface area contributed by atoms with E-state index in [1.165, 1.54) is 46.1 Å². The number of hydrogen-bond donors (Lipinski definition) is 4. The first-order chi connectivity index (χ1) is 20.6. The van der Waals surface area contributed by atoms with Gasteiger partial charge in [-0.1, -0.05) is 36.4 Å². The van der Waals surface area contributed by atoms with E-state index in [0.29, 0.717) is 20.9 Å². The number of carbonyl (C=O) groups is 4.